The molecule has 3 nitrogen and oxygen atoms in total. The molecule has 0 spiro atoms. The second-order valence-electron chi connectivity index (χ2n) is 5.82. The van der Waals surface area contributed by atoms with Crippen molar-refractivity contribution in [3.05, 3.63) is 33.8 Å². The monoisotopic (exact) mass is 344 g/mol. The van der Waals surface area contributed by atoms with Gasteiger partial charge in [-0.1, -0.05) is 42.6 Å². The lowest BCUT2D eigenvalue weighted by molar-refractivity contribution is -0.149. The van der Waals surface area contributed by atoms with Crippen LogP contribution in [0.5, 0.6) is 0 Å². The predicted molar refractivity (Wildman–Crippen MR) is 88.7 cm³/mol. The molecule has 2 atom stereocenters. The fourth-order valence-corrected chi connectivity index (χ4v) is 2.87. The third-order valence-corrected chi connectivity index (χ3v) is 4.86. The summed E-state index contributed by atoms with van der Waals surface area (Å²) < 4.78 is 10.4. The molecule has 1 aliphatic rings. The maximum Gasteiger partial charge on any atom is 0.340 e. The topological polar surface area (TPSA) is 38.8 Å². The Balaban J connectivity index is 1.74. The number of halogens is 2. The SMILES string of the molecule is CCOC(=O)C1(CCCCC(C)c2ccc(Cl)c(Cl)c2)CO1. The van der Waals surface area contributed by atoms with E-state index in [1.807, 2.05) is 25.1 Å². The minimum Gasteiger partial charge on any atom is -0.464 e. The summed E-state index contributed by atoms with van der Waals surface area (Å²) in [5, 5.41) is 1.18. The molecule has 1 aliphatic heterocycles. The highest BCUT2D eigenvalue weighted by molar-refractivity contribution is 6.42. The van der Waals surface area contributed by atoms with Crippen molar-refractivity contribution >= 4 is 29.2 Å². The fourth-order valence-electron chi connectivity index (χ4n) is 2.56. The van der Waals surface area contributed by atoms with E-state index in [1.54, 1.807) is 0 Å². The highest BCUT2D eigenvalue weighted by Gasteiger charge is 2.52. The Bertz CT molecular complexity index is 527. The third-order valence-electron chi connectivity index (χ3n) is 4.12. The van der Waals surface area contributed by atoms with Crippen molar-refractivity contribution in [2.24, 2.45) is 0 Å². The Hall–Kier alpha value is -0.770. The Kier molecular flexibility index (Phi) is 6.13. The molecule has 0 bridgehead atoms. The molecule has 0 saturated carbocycles. The molecule has 1 heterocycles. The quantitative estimate of drug-likeness (QED) is 0.378. The van der Waals surface area contributed by atoms with Gasteiger partial charge >= 0.3 is 5.97 Å². The van der Waals surface area contributed by atoms with Gasteiger partial charge in [-0.25, -0.2) is 4.79 Å². The summed E-state index contributed by atoms with van der Waals surface area (Å²) in [5.74, 6) is 0.195. The molecule has 0 aromatic heterocycles. The number of epoxide rings is 1. The van der Waals surface area contributed by atoms with Gasteiger partial charge in [0.25, 0.3) is 0 Å². The number of hydrogen-bond donors (Lipinski definition) is 0. The average molecular weight is 345 g/mol. The van der Waals surface area contributed by atoms with Gasteiger partial charge in [-0.15, -0.1) is 0 Å². The van der Waals surface area contributed by atoms with Crippen molar-refractivity contribution in [2.45, 2.75) is 51.0 Å². The molecule has 0 aliphatic carbocycles. The highest BCUT2D eigenvalue weighted by Crippen LogP contribution is 2.35. The molecule has 22 heavy (non-hydrogen) atoms. The molecule has 1 fully saturated rings. The minimum atomic E-state index is -0.650. The molecule has 2 unspecified atom stereocenters. The van der Waals surface area contributed by atoms with Gasteiger partial charge in [-0.2, -0.15) is 0 Å². The van der Waals surface area contributed by atoms with Crippen molar-refractivity contribution in [2.75, 3.05) is 13.2 Å². The average Bonchev–Trinajstić information content (AvgIpc) is 3.28. The lowest BCUT2D eigenvalue weighted by Crippen LogP contribution is -2.27. The summed E-state index contributed by atoms with van der Waals surface area (Å²) in [7, 11) is 0. The molecular weight excluding hydrogens is 323 g/mol. The molecule has 1 aromatic rings. The number of carbonyl (C=O) groups excluding carboxylic acids is 1. The maximum absolute atomic E-state index is 11.8. The number of unbranched alkanes of at least 4 members (excludes halogenated alkanes) is 1. The van der Waals surface area contributed by atoms with E-state index in [0.717, 1.165) is 25.7 Å². The maximum atomic E-state index is 11.8. The number of hydrogen-bond acceptors (Lipinski definition) is 3. The van der Waals surface area contributed by atoms with Gasteiger partial charge in [-0.05, 0) is 49.8 Å². The summed E-state index contributed by atoms with van der Waals surface area (Å²) in [6.45, 7) is 4.88. The number of benzene rings is 1. The van der Waals surface area contributed by atoms with Crippen LogP contribution in [0.2, 0.25) is 10.0 Å². The van der Waals surface area contributed by atoms with Crippen LogP contribution in [0.4, 0.5) is 0 Å². The van der Waals surface area contributed by atoms with Crippen molar-refractivity contribution < 1.29 is 14.3 Å². The standard InChI is InChI=1S/C17H22Cl2O3/c1-3-21-16(20)17(11-22-17)9-5-4-6-12(2)13-7-8-14(18)15(19)10-13/h7-8,10,12H,3-6,9,11H2,1-2H3. The fraction of sp³-hybridized carbons (Fsp3) is 0.588. The van der Waals surface area contributed by atoms with E-state index >= 15 is 0 Å². The van der Waals surface area contributed by atoms with Crippen LogP contribution in [0.1, 0.15) is 51.0 Å². The highest BCUT2D eigenvalue weighted by atomic mass is 35.5. The zero-order valence-electron chi connectivity index (χ0n) is 13.0. The minimum absolute atomic E-state index is 0.215. The van der Waals surface area contributed by atoms with Crippen molar-refractivity contribution in [3.8, 4) is 0 Å². The van der Waals surface area contributed by atoms with Gasteiger partial charge in [0.15, 0.2) is 5.60 Å². The molecule has 0 amide bonds. The van der Waals surface area contributed by atoms with Gasteiger partial charge in [0.1, 0.15) is 0 Å². The molecule has 2 rings (SSSR count). The zero-order chi connectivity index (χ0) is 16.2. The van der Waals surface area contributed by atoms with Gasteiger partial charge in [0.2, 0.25) is 0 Å². The van der Waals surface area contributed by atoms with Crippen molar-refractivity contribution in [1.82, 2.24) is 0 Å². The summed E-state index contributed by atoms with van der Waals surface area (Å²) in [5.41, 5.74) is 0.542. The first-order chi connectivity index (χ1) is 10.5. The van der Waals surface area contributed by atoms with Crippen LogP contribution < -0.4 is 0 Å². The van der Waals surface area contributed by atoms with E-state index in [0.29, 0.717) is 29.2 Å². The van der Waals surface area contributed by atoms with Gasteiger partial charge in [-0.3, -0.25) is 0 Å². The Labute approximate surface area is 141 Å². The first kappa shape index (κ1) is 17.6. The predicted octanol–water partition coefficient (Wildman–Crippen LogP) is 4.99. The number of ether oxygens (including phenoxy) is 2. The lowest BCUT2D eigenvalue weighted by atomic mass is 9.93. The van der Waals surface area contributed by atoms with E-state index in [9.17, 15) is 4.79 Å². The second kappa shape index (κ2) is 7.67. The normalized spacial score (nSPS) is 21.5. The van der Waals surface area contributed by atoms with E-state index in [4.69, 9.17) is 32.7 Å². The molecular formula is C17H22Cl2O3. The van der Waals surface area contributed by atoms with Crippen molar-refractivity contribution in [1.29, 1.82) is 0 Å². The second-order valence-corrected chi connectivity index (χ2v) is 6.64. The summed E-state index contributed by atoms with van der Waals surface area (Å²) in [6.07, 6.45) is 3.76. The third kappa shape index (κ3) is 4.37. The molecule has 0 N–H and O–H groups in total. The van der Waals surface area contributed by atoms with Gasteiger partial charge < -0.3 is 9.47 Å². The molecule has 0 radical (unpaired) electrons. The van der Waals surface area contributed by atoms with Crippen LogP contribution in [-0.4, -0.2) is 24.8 Å². The molecule has 1 saturated heterocycles. The first-order valence-electron chi connectivity index (χ1n) is 7.74. The first-order valence-corrected chi connectivity index (χ1v) is 8.50. The van der Waals surface area contributed by atoms with Crippen LogP contribution in [0.25, 0.3) is 0 Å². The van der Waals surface area contributed by atoms with E-state index in [2.05, 4.69) is 6.92 Å². The number of carbonyl (C=O) groups is 1. The van der Waals surface area contributed by atoms with Gasteiger partial charge in [0, 0.05) is 0 Å². The summed E-state index contributed by atoms with van der Waals surface area (Å²) in [6, 6.07) is 5.78. The van der Waals surface area contributed by atoms with Crippen LogP contribution >= 0.6 is 23.2 Å². The molecule has 1 aromatic carbocycles. The Morgan fingerprint density at radius 2 is 2.09 bits per heavy atom. The molecule has 122 valence electrons. The summed E-state index contributed by atoms with van der Waals surface area (Å²) >= 11 is 12.0. The Morgan fingerprint density at radius 3 is 2.68 bits per heavy atom. The largest absolute Gasteiger partial charge is 0.464 e. The Morgan fingerprint density at radius 1 is 1.36 bits per heavy atom. The molecule has 5 heteroatoms. The number of esters is 1. The smallest absolute Gasteiger partial charge is 0.340 e. The van der Waals surface area contributed by atoms with Crippen LogP contribution in [0, 0.1) is 0 Å². The van der Waals surface area contributed by atoms with Crippen LogP contribution in [0.3, 0.4) is 0 Å². The van der Waals surface area contributed by atoms with Crippen molar-refractivity contribution in [3.63, 3.8) is 0 Å². The van der Waals surface area contributed by atoms with E-state index in [1.165, 1.54) is 5.56 Å². The van der Waals surface area contributed by atoms with E-state index in [-0.39, 0.29) is 5.97 Å². The van der Waals surface area contributed by atoms with Crippen LogP contribution in [0.15, 0.2) is 18.2 Å². The van der Waals surface area contributed by atoms with E-state index < -0.39 is 5.60 Å². The summed E-state index contributed by atoms with van der Waals surface area (Å²) in [4.78, 5) is 11.8. The zero-order valence-corrected chi connectivity index (χ0v) is 14.5. The number of rotatable bonds is 8. The lowest BCUT2D eigenvalue weighted by Gasteiger charge is -2.14. The van der Waals surface area contributed by atoms with Gasteiger partial charge in [0.05, 0.1) is 23.3 Å². The van der Waals surface area contributed by atoms with Crippen LogP contribution in [-0.2, 0) is 14.3 Å².